The number of para-hydroxylation sites is 1. The third kappa shape index (κ3) is 2.03. The quantitative estimate of drug-likeness (QED) is 0.791. The highest BCUT2D eigenvalue weighted by atomic mass is 35.5. The Morgan fingerprint density at radius 1 is 1.14 bits per heavy atom. The molecule has 0 bridgehead atoms. The van der Waals surface area contributed by atoms with E-state index in [0.717, 1.165) is 24.5 Å². The minimum atomic E-state index is -0.120. The smallest absolute Gasteiger partial charge is 0.267 e. The van der Waals surface area contributed by atoms with Crippen molar-refractivity contribution in [3.05, 3.63) is 69.7 Å². The molecule has 0 radical (unpaired) electrons. The lowest BCUT2D eigenvalue weighted by Crippen LogP contribution is -2.40. The number of aromatic nitrogens is 2. The Hall–Kier alpha value is -2.17. The number of benzene rings is 2. The van der Waals surface area contributed by atoms with Gasteiger partial charge in [-0.25, -0.2) is 4.98 Å². The summed E-state index contributed by atoms with van der Waals surface area (Å²) in [4.78, 5) is 17.7. The summed E-state index contributed by atoms with van der Waals surface area (Å²) in [5, 5.41) is 4.23. The molecule has 1 N–H and O–H groups in total. The summed E-state index contributed by atoms with van der Waals surface area (Å²) in [7, 11) is 0. The molecule has 1 aliphatic rings. The molecule has 3 aromatic rings. The number of fused-ring (bicyclic) bond motifs is 1. The predicted molar refractivity (Wildman–Crippen MR) is 87.7 cm³/mol. The molecule has 0 unspecified atom stereocenters. The summed E-state index contributed by atoms with van der Waals surface area (Å²) in [5.74, 6) is 0.747. The molecule has 1 aromatic heterocycles. The predicted octanol–water partition coefficient (Wildman–Crippen LogP) is 3.07. The molecule has 4 rings (SSSR count). The summed E-state index contributed by atoms with van der Waals surface area (Å²) < 4.78 is 1.67. The second kappa shape index (κ2) is 5.23. The van der Waals surface area contributed by atoms with E-state index in [2.05, 4.69) is 5.32 Å². The second-order valence-corrected chi connectivity index (χ2v) is 5.78. The SMILES string of the molecule is O=c1c2c(Cl)cccc2nc([C@@H]2CCN2)n1-c1ccccc1. The average Bonchev–Trinajstić information content (AvgIpc) is 2.46. The van der Waals surface area contributed by atoms with Crippen molar-refractivity contribution in [2.45, 2.75) is 12.5 Å². The van der Waals surface area contributed by atoms with Crippen LogP contribution in [0.25, 0.3) is 16.6 Å². The summed E-state index contributed by atoms with van der Waals surface area (Å²) in [5.41, 5.74) is 1.34. The Labute approximate surface area is 132 Å². The monoisotopic (exact) mass is 311 g/mol. The summed E-state index contributed by atoms with van der Waals surface area (Å²) in [6.07, 6.45) is 0.978. The van der Waals surface area contributed by atoms with Crippen LogP contribution in [0.3, 0.4) is 0 Å². The lowest BCUT2D eigenvalue weighted by atomic mass is 10.1. The molecule has 1 saturated heterocycles. The van der Waals surface area contributed by atoms with Gasteiger partial charge in [0, 0.05) is 0 Å². The van der Waals surface area contributed by atoms with Gasteiger partial charge >= 0.3 is 0 Å². The molecule has 1 aliphatic heterocycles. The molecular formula is C17H14ClN3O. The minimum absolute atomic E-state index is 0.108. The van der Waals surface area contributed by atoms with E-state index < -0.39 is 0 Å². The van der Waals surface area contributed by atoms with E-state index >= 15 is 0 Å². The summed E-state index contributed by atoms with van der Waals surface area (Å²) >= 11 is 6.23. The second-order valence-electron chi connectivity index (χ2n) is 5.38. The zero-order valence-electron chi connectivity index (χ0n) is 11.8. The number of halogens is 1. The lowest BCUT2D eigenvalue weighted by molar-refractivity contribution is 0.360. The molecular weight excluding hydrogens is 298 g/mol. The van der Waals surface area contributed by atoms with Crippen molar-refractivity contribution in [3.63, 3.8) is 0 Å². The number of rotatable bonds is 2. The summed E-state index contributed by atoms with van der Waals surface area (Å²) in [6, 6.07) is 15.1. The van der Waals surface area contributed by atoms with E-state index in [4.69, 9.17) is 16.6 Å². The van der Waals surface area contributed by atoms with Crippen LogP contribution >= 0.6 is 11.6 Å². The standard InChI is InChI=1S/C17H14ClN3O/c18-12-7-4-8-13-15(12)17(22)21(11-5-2-1-3-6-11)16(20-13)14-9-10-19-14/h1-8,14,19H,9-10H2/t14-/m0/s1. The first-order chi connectivity index (χ1) is 10.8. The average molecular weight is 312 g/mol. The van der Waals surface area contributed by atoms with Crippen LogP contribution in [0.1, 0.15) is 18.3 Å². The van der Waals surface area contributed by atoms with Crippen molar-refractivity contribution in [1.82, 2.24) is 14.9 Å². The Kier molecular flexibility index (Phi) is 3.21. The molecule has 5 heteroatoms. The van der Waals surface area contributed by atoms with E-state index in [9.17, 15) is 4.79 Å². The van der Waals surface area contributed by atoms with Crippen LogP contribution in [0.4, 0.5) is 0 Å². The maximum absolute atomic E-state index is 13.0. The van der Waals surface area contributed by atoms with Crippen molar-refractivity contribution in [2.75, 3.05) is 6.54 Å². The molecule has 0 saturated carbocycles. The Balaban J connectivity index is 2.09. The Bertz CT molecular complexity index is 901. The minimum Gasteiger partial charge on any atom is -0.307 e. The van der Waals surface area contributed by atoms with Crippen LogP contribution in [0.2, 0.25) is 5.02 Å². The molecule has 22 heavy (non-hydrogen) atoms. The molecule has 2 heterocycles. The molecule has 0 amide bonds. The van der Waals surface area contributed by atoms with Gasteiger partial charge in [-0.15, -0.1) is 0 Å². The highest BCUT2D eigenvalue weighted by Gasteiger charge is 2.26. The zero-order chi connectivity index (χ0) is 15.1. The van der Waals surface area contributed by atoms with Gasteiger partial charge in [0.25, 0.3) is 5.56 Å². The van der Waals surface area contributed by atoms with E-state index in [1.165, 1.54) is 0 Å². The van der Waals surface area contributed by atoms with Crippen LogP contribution in [-0.4, -0.2) is 16.1 Å². The van der Waals surface area contributed by atoms with Crippen LogP contribution in [0, 0.1) is 0 Å². The third-order valence-corrected chi connectivity index (χ3v) is 4.34. The van der Waals surface area contributed by atoms with Gasteiger partial charge in [0.15, 0.2) is 0 Å². The number of nitrogens with zero attached hydrogens (tertiary/aromatic N) is 2. The Morgan fingerprint density at radius 3 is 2.59 bits per heavy atom. The fourth-order valence-electron chi connectivity index (χ4n) is 2.78. The highest BCUT2D eigenvalue weighted by molar-refractivity contribution is 6.35. The van der Waals surface area contributed by atoms with Gasteiger partial charge in [-0.2, -0.15) is 0 Å². The molecule has 1 atom stereocenters. The van der Waals surface area contributed by atoms with E-state index in [1.807, 2.05) is 42.5 Å². The summed E-state index contributed by atoms with van der Waals surface area (Å²) in [6.45, 7) is 0.947. The van der Waals surface area contributed by atoms with Gasteiger partial charge < -0.3 is 5.32 Å². The van der Waals surface area contributed by atoms with Crippen molar-refractivity contribution in [3.8, 4) is 5.69 Å². The number of hydrogen-bond acceptors (Lipinski definition) is 3. The fraction of sp³-hybridized carbons (Fsp3) is 0.176. The third-order valence-electron chi connectivity index (χ3n) is 4.02. The largest absolute Gasteiger partial charge is 0.307 e. The fourth-order valence-corrected chi connectivity index (χ4v) is 3.03. The van der Waals surface area contributed by atoms with E-state index in [-0.39, 0.29) is 11.6 Å². The van der Waals surface area contributed by atoms with Crippen molar-refractivity contribution < 1.29 is 0 Å². The number of hydrogen-bond donors (Lipinski definition) is 1. The van der Waals surface area contributed by atoms with Crippen molar-refractivity contribution in [1.29, 1.82) is 0 Å². The Morgan fingerprint density at radius 2 is 1.91 bits per heavy atom. The van der Waals surface area contributed by atoms with Gasteiger partial charge in [-0.1, -0.05) is 35.9 Å². The molecule has 2 aromatic carbocycles. The highest BCUT2D eigenvalue weighted by Crippen LogP contribution is 2.26. The lowest BCUT2D eigenvalue weighted by Gasteiger charge is -2.29. The topological polar surface area (TPSA) is 46.9 Å². The molecule has 4 nitrogen and oxygen atoms in total. The number of nitrogens with one attached hydrogen (secondary N) is 1. The molecule has 1 fully saturated rings. The van der Waals surface area contributed by atoms with E-state index in [1.54, 1.807) is 10.6 Å². The zero-order valence-corrected chi connectivity index (χ0v) is 12.5. The van der Waals surface area contributed by atoms with Gasteiger partial charge in [-0.05, 0) is 37.2 Å². The van der Waals surface area contributed by atoms with Gasteiger partial charge in [0.2, 0.25) is 0 Å². The van der Waals surface area contributed by atoms with Crippen LogP contribution in [-0.2, 0) is 0 Å². The van der Waals surface area contributed by atoms with E-state index in [0.29, 0.717) is 15.9 Å². The van der Waals surface area contributed by atoms with Gasteiger partial charge in [0.1, 0.15) is 5.82 Å². The molecule has 110 valence electrons. The normalized spacial score (nSPS) is 17.4. The first-order valence-electron chi connectivity index (χ1n) is 7.25. The maximum Gasteiger partial charge on any atom is 0.267 e. The van der Waals surface area contributed by atoms with Crippen molar-refractivity contribution >= 4 is 22.5 Å². The maximum atomic E-state index is 13.0. The molecule has 0 aliphatic carbocycles. The van der Waals surface area contributed by atoms with Gasteiger partial charge in [-0.3, -0.25) is 9.36 Å². The van der Waals surface area contributed by atoms with Crippen LogP contribution in [0.5, 0.6) is 0 Å². The van der Waals surface area contributed by atoms with Crippen LogP contribution < -0.4 is 10.9 Å². The first kappa shape index (κ1) is 13.5. The van der Waals surface area contributed by atoms with Crippen LogP contribution in [0.15, 0.2) is 53.3 Å². The van der Waals surface area contributed by atoms with Gasteiger partial charge in [0.05, 0.1) is 27.7 Å². The first-order valence-corrected chi connectivity index (χ1v) is 7.63. The van der Waals surface area contributed by atoms with Crippen molar-refractivity contribution in [2.24, 2.45) is 0 Å². The molecule has 0 spiro atoms.